The molecule has 0 amide bonds. The molecule has 0 spiro atoms. The summed E-state index contributed by atoms with van der Waals surface area (Å²) in [5, 5.41) is 20.9. The van der Waals surface area contributed by atoms with E-state index in [2.05, 4.69) is 0 Å². The largest absolute Gasteiger partial charge is 0.480 e. The fraction of sp³-hybridized carbons (Fsp3) is 0.588. The van der Waals surface area contributed by atoms with E-state index in [1.54, 1.807) is 0 Å². The van der Waals surface area contributed by atoms with Crippen LogP contribution in [0.2, 0.25) is 0 Å². The van der Waals surface area contributed by atoms with Crippen molar-refractivity contribution < 1.29 is 23.2 Å². The van der Waals surface area contributed by atoms with Crippen LogP contribution in [0.1, 0.15) is 38.5 Å². The Labute approximate surface area is 157 Å². The molecule has 1 aromatic rings. The Bertz CT molecular complexity index is 833. The summed E-state index contributed by atoms with van der Waals surface area (Å²) in [6, 6.07) is 2.94. The molecule has 27 heavy (non-hydrogen) atoms. The number of benzene rings is 1. The van der Waals surface area contributed by atoms with Gasteiger partial charge < -0.3 is 10.0 Å². The lowest BCUT2D eigenvalue weighted by Crippen LogP contribution is -2.36. The Morgan fingerprint density at radius 3 is 2.37 bits per heavy atom. The van der Waals surface area contributed by atoms with Crippen molar-refractivity contribution in [2.75, 3.05) is 24.5 Å². The Kier molecular flexibility index (Phi) is 5.66. The molecule has 2 fully saturated rings. The van der Waals surface area contributed by atoms with Crippen LogP contribution >= 0.6 is 0 Å². The number of hydrogen-bond acceptors (Lipinski definition) is 6. The molecule has 0 radical (unpaired) electrons. The van der Waals surface area contributed by atoms with Crippen LogP contribution in [0.4, 0.5) is 11.4 Å². The van der Waals surface area contributed by atoms with E-state index >= 15 is 0 Å². The first-order valence-electron chi connectivity index (χ1n) is 9.10. The average molecular weight is 397 g/mol. The van der Waals surface area contributed by atoms with Gasteiger partial charge in [-0.2, -0.15) is 4.31 Å². The van der Waals surface area contributed by atoms with Crippen molar-refractivity contribution in [1.29, 1.82) is 0 Å². The van der Waals surface area contributed by atoms with Crippen molar-refractivity contribution in [1.82, 2.24) is 4.31 Å². The molecule has 1 unspecified atom stereocenters. The Morgan fingerprint density at radius 2 is 1.78 bits per heavy atom. The minimum atomic E-state index is -3.82. The normalized spacial score (nSPS) is 21.8. The summed E-state index contributed by atoms with van der Waals surface area (Å²) in [4.78, 5) is 23.7. The quantitative estimate of drug-likeness (QED) is 0.597. The van der Waals surface area contributed by atoms with Gasteiger partial charge >= 0.3 is 5.97 Å². The van der Waals surface area contributed by atoms with E-state index in [1.165, 1.54) is 21.3 Å². The van der Waals surface area contributed by atoms with E-state index in [0.29, 0.717) is 32.5 Å². The molecule has 0 aromatic heterocycles. The van der Waals surface area contributed by atoms with Crippen LogP contribution in [0.15, 0.2) is 23.1 Å². The molecule has 0 saturated carbocycles. The topological polar surface area (TPSA) is 121 Å². The molecule has 0 bridgehead atoms. The summed E-state index contributed by atoms with van der Waals surface area (Å²) < 4.78 is 27.2. The second kappa shape index (κ2) is 7.81. The molecule has 1 N–H and O–H groups in total. The summed E-state index contributed by atoms with van der Waals surface area (Å²) in [6.07, 6.45) is 4.50. The second-order valence-corrected chi connectivity index (χ2v) is 8.85. The SMILES string of the molecule is O=C(O)C1CCCN1c1ccc(S(=O)(=O)N2CCCCCC2)cc1[N+](=O)[O-]. The van der Waals surface area contributed by atoms with Crippen LogP contribution < -0.4 is 4.90 Å². The van der Waals surface area contributed by atoms with Gasteiger partial charge in [-0.25, -0.2) is 13.2 Å². The highest BCUT2D eigenvalue weighted by Gasteiger charge is 2.35. The maximum Gasteiger partial charge on any atom is 0.326 e. The number of sulfonamides is 1. The highest BCUT2D eigenvalue weighted by molar-refractivity contribution is 7.89. The summed E-state index contributed by atoms with van der Waals surface area (Å²) in [5.74, 6) is -1.04. The Balaban J connectivity index is 1.98. The summed E-state index contributed by atoms with van der Waals surface area (Å²) in [6.45, 7) is 1.20. The van der Waals surface area contributed by atoms with E-state index in [1.807, 2.05) is 0 Å². The summed E-state index contributed by atoms with van der Waals surface area (Å²) >= 11 is 0. The van der Waals surface area contributed by atoms with Gasteiger partial charge in [0.25, 0.3) is 5.69 Å². The number of nitrogens with zero attached hydrogens (tertiary/aromatic N) is 3. The second-order valence-electron chi connectivity index (χ2n) is 6.92. The third-order valence-corrected chi connectivity index (χ3v) is 7.09. The van der Waals surface area contributed by atoms with E-state index in [-0.39, 0.29) is 16.3 Å². The van der Waals surface area contributed by atoms with Crippen LogP contribution in [0.5, 0.6) is 0 Å². The van der Waals surface area contributed by atoms with Gasteiger partial charge in [0.15, 0.2) is 0 Å². The van der Waals surface area contributed by atoms with E-state index in [0.717, 1.165) is 31.7 Å². The third kappa shape index (κ3) is 3.91. The number of carbonyl (C=O) groups is 1. The number of aliphatic carboxylic acids is 1. The lowest BCUT2D eigenvalue weighted by molar-refractivity contribution is -0.384. The highest BCUT2D eigenvalue weighted by atomic mass is 32.2. The molecule has 148 valence electrons. The van der Waals surface area contributed by atoms with E-state index in [4.69, 9.17) is 0 Å². The molecule has 2 heterocycles. The predicted octanol–water partition coefficient (Wildman–Crippen LogP) is 2.21. The van der Waals surface area contributed by atoms with E-state index in [9.17, 15) is 28.4 Å². The van der Waals surface area contributed by atoms with Crippen molar-refractivity contribution in [2.45, 2.75) is 49.5 Å². The minimum absolute atomic E-state index is 0.120. The fourth-order valence-electron chi connectivity index (χ4n) is 3.80. The van der Waals surface area contributed by atoms with Gasteiger partial charge in [-0.05, 0) is 37.8 Å². The van der Waals surface area contributed by atoms with E-state index < -0.39 is 27.0 Å². The zero-order valence-corrected chi connectivity index (χ0v) is 15.7. The molecule has 2 aliphatic heterocycles. The maximum atomic E-state index is 12.9. The Hall–Kier alpha value is -2.20. The number of nitro groups is 1. The number of carboxylic acids is 1. The number of rotatable bonds is 5. The predicted molar refractivity (Wildman–Crippen MR) is 98.3 cm³/mol. The molecule has 10 heteroatoms. The zero-order valence-electron chi connectivity index (χ0n) is 14.9. The standard InChI is InChI=1S/C17H23N3O6S/c21-17(22)15-6-5-11-19(15)14-8-7-13(12-16(14)20(23)24)27(25,26)18-9-3-1-2-4-10-18/h7-8,12,15H,1-6,9-11H2,(H,21,22). The van der Waals surface area contributed by atoms with Crippen molar-refractivity contribution >= 4 is 27.4 Å². The molecule has 1 atom stereocenters. The van der Waals surface area contributed by atoms with Gasteiger partial charge in [0.2, 0.25) is 10.0 Å². The molecule has 0 aliphatic carbocycles. The minimum Gasteiger partial charge on any atom is -0.480 e. The summed E-state index contributed by atoms with van der Waals surface area (Å²) in [7, 11) is -3.82. The smallest absolute Gasteiger partial charge is 0.326 e. The fourth-order valence-corrected chi connectivity index (χ4v) is 5.33. The van der Waals surface area contributed by atoms with Crippen LogP contribution in [-0.4, -0.2) is 54.4 Å². The number of nitro benzene ring substituents is 1. The average Bonchev–Trinajstić information content (AvgIpc) is 2.95. The molecule has 2 aliphatic rings. The first-order valence-corrected chi connectivity index (χ1v) is 10.5. The first kappa shape index (κ1) is 19.6. The number of carboxylic acid groups (broad SMARTS) is 1. The van der Waals surface area contributed by atoms with Gasteiger partial charge in [-0.1, -0.05) is 12.8 Å². The number of hydrogen-bond donors (Lipinski definition) is 1. The van der Waals surface area contributed by atoms with Crippen LogP contribution in [0.3, 0.4) is 0 Å². The van der Waals surface area contributed by atoms with Crippen molar-refractivity contribution in [2.24, 2.45) is 0 Å². The molecule has 9 nitrogen and oxygen atoms in total. The lowest BCUT2D eigenvalue weighted by atomic mass is 10.2. The van der Waals surface area contributed by atoms with Gasteiger partial charge in [0.05, 0.1) is 9.82 Å². The van der Waals surface area contributed by atoms with Crippen LogP contribution in [0.25, 0.3) is 0 Å². The zero-order chi connectivity index (χ0) is 19.6. The molecular formula is C17H23N3O6S. The first-order chi connectivity index (χ1) is 12.8. The van der Waals surface area contributed by atoms with Crippen molar-refractivity contribution in [3.63, 3.8) is 0 Å². The molecular weight excluding hydrogens is 374 g/mol. The maximum absolute atomic E-state index is 12.9. The summed E-state index contributed by atoms with van der Waals surface area (Å²) in [5.41, 5.74) is -0.223. The van der Waals surface area contributed by atoms with Crippen molar-refractivity contribution in [3.05, 3.63) is 28.3 Å². The third-order valence-electron chi connectivity index (χ3n) is 5.19. The van der Waals surface area contributed by atoms with Crippen LogP contribution in [0, 0.1) is 10.1 Å². The molecule has 2 saturated heterocycles. The lowest BCUT2D eigenvalue weighted by Gasteiger charge is -2.24. The number of anilines is 1. The molecule has 3 rings (SSSR count). The molecule has 1 aromatic carbocycles. The van der Waals surface area contributed by atoms with Crippen LogP contribution in [-0.2, 0) is 14.8 Å². The van der Waals surface area contributed by atoms with Gasteiger partial charge in [0, 0.05) is 25.7 Å². The van der Waals surface area contributed by atoms with Gasteiger partial charge in [0.1, 0.15) is 11.7 Å². The highest BCUT2D eigenvalue weighted by Crippen LogP contribution is 2.36. The Morgan fingerprint density at radius 1 is 1.11 bits per heavy atom. The monoisotopic (exact) mass is 397 g/mol. The van der Waals surface area contributed by atoms with Crippen molar-refractivity contribution in [3.8, 4) is 0 Å². The van der Waals surface area contributed by atoms with Gasteiger partial charge in [-0.15, -0.1) is 0 Å². The van der Waals surface area contributed by atoms with Gasteiger partial charge in [-0.3, -0.25) is 10.1 Å².